The van der Waals surface area contributed by atoms with E-state index in [0.29, 0.717) is 0 Å². The molecule has 0 heterocycles. The molecule has 0 fully saturated rings. The van der Waals surface area contributed by atoms with Gasteiger partial charge in [0.1, 0.15) is 0 Å². The van der Waals surface area contributed by atoms with Gasteiger partial charge in [-0.15, -0.1) is 0 Å². The van der Waals surface area contributed by atoms with Gasteiger partial charge in [-0.05, 0) is 12.0 Å². The fraction of sp³-hybridized carbons (Fsp3) is 0.273. The van der Waals surface area contributed by atoms with Crippen molar-refractivity contribution in [2.75, 3.05) is 0 Å². The summed E-state index contributed by atoms with van der Waals surface area (Å²) in [5.74, 6) is 0. The third-order valence-electron chi connectivity index (χ3n) is 1.36. The van der Waals surface area contributed by atoms with Gasteiger partial charge in [-0.25, -0.2) is 0 Å². The number of rotatable bonds is 5. The molecule has 0 amide bonds. The summed E-state index contributed by atoms with van der Waals surface area (Å²) in [4.78, 5) is 0. The minimum atomic E-state index is 1.10. The van der Waals surface area contributed by atoms with Gasteiger partial charge in [-0.1, -0.05) is 56.9 Å². The van der Waals surface area contributed by atoms with Gasteiger partial charge in [0, 0.05) is 0 Å². The Hall–Kier alpha value is -1.04. The fourth-order valence-electron chi connectivity index (χ4n) is 0.800. The van der Waals surface area contributed by atoms with E-state index in [-0.39, 0.29) is 0 Å². The molecule has 0 N–H and O–H groups in total. The maximum atomic E-state index is 3.73. The minimum Gasteiger partial charge on any atom is -0.0991 e. The second-order valence-electron chi connectivity index (χ2n) is 2.32. The van der Waals surface area contributed by atoms with Crippen LogP contribution in [0.15, 0.2) is 49.1 Å². The van der Waals surface area contributed by atoms with Crippen molar-refractivity contribution >= 4 is 0 Å². The van der Waals surface area contributed by atoms with Crippen molar-refractivity contribution in [1.82, 2.24) is 0 Å². The van der Waals surface area contributed by atoms with Crippen LogP contribution in [0.4, 0.5) is 0 Å². The van der Waals surface area contributed by atoms with Crippen molar-refractivity contribution < 1.29 is 0 Å². The molecule has 0 aliphatic heterocycles. The van der Waals surface area contributed by atoms with E-state index in [1.54, 1.807) is 6.08 Å². The highest BCUT2D eigenvalue weighted by atomic mass is 13.9. The molecule has 0 saturated heterocycles. The molecule has 0 spiro atoms. The van der Waals surface area contributed by atoms with Crippen LogP contribution in [-0.4, -0.2) is 0 Å². The molecular formula is C11H16. The van der Waals surface area contributed by atoms with E-state index in [1.165, 1.54) is 12.0 Å². The van der Waals surface area contributed by atoms with Crippen LogP contribution in [0.5, 0.6) is 0 Å². The molecule has 0 atom stereocenters. The van der Waals surface area contributed by atoms with E-state index in [4.69, 9.17) is 0 Å². The predicted molar refractivity (Wildman–Crippen MR) is 52.5 cm³/mol. The lowest BCUT2D eigenvalue weighted by Crippen LogP contribution is -1.74. The summed E-state index contributed by atoms with van der Waals surface area (Å²) in [5.41, 5.74) is 1.28. The van der Waals surface area contributed by atoms with Gasteiger partial charge in [0.2, 0.25) is 0 Å². The maximum absolute atomic E-state index is 3.73. The van der Waals surface area contributed by atoms with Crippen molar-refractivity contribution in [3.63, 3.8) is 0 Å². The van der Waals surface area contributed by atoms with Gasteiger partial charge in [0.15, 0.2) is 0 Å². The van der Waals surface area contributed by atoms with E-state index in [0.717, 1.165) is 6.42 Å². The normalized spacial score (nSPS) is 11.9. The first kappa shape index (κ1) is 9.96. The molecule has 0 aromatic rings. The van der Waals surface area contributed by atoms with Crippen molar-refractivity contribution in [3.05, 3.63) is 49.1 Å². The lowest BCUT2D eigenvalue weighted by molar-refractivity contribution is 0.927. The highest BCUT2D eigenvalue weighted by Gasteiger charge is 1.85. The molecule has 0 bridgehead atoms. The van der Waals surface area contributed by atoms with Gasteiger partial charge in [-0.2, -0.15) is 0 Å². The molecule has 0 aliphatic carbocycles. The topological polar surface area (TPSA) is 0 Å². The maximum Gasteiger partial charge on any atom is -0.0282 e. The van der Waals surface area contributed by atoms with Gasteiger partial charge < -0.3 is 0 Å². The molecule has 0 aliphatic rings. The molecule has 0 aromatic carbocycles. The lowest BCUT2D eigenvalue weighted by Gasteiger charge is -1.94. The third kappa shape index (κ3) is 5.41. The van der Waals surface area contributed by atoms with Crippen LogP contribution in [0.1, 0.15) is 19.8 Å². The average Bonchev–Trinajstić information content (AvgIpc) is 2.03. The first-order valence-electron chi connectivity index (χ1n) is 3.95. The molecule has 60 valence electrons. The molecule has 11 heavy (non-hydrogen) atoms. The molecular weight excluding hydrogens is 132 g/mol. The van der Waals surface area contributed by atoms with Crippen LogP contribution < -0.4 is 0 Å². The van der Waals surface area contributed by atoms with Gasteiger partial charge in [-0.3, -0.25) is 0 Å². The van der Waals surface area contributed by atoms with Gasteiger partial charge >= 0.3 is 0 Å². The van der Waals surface area contributed by atoms with Gasteiger partial charge in [0.25, 0.3) is 0 Å². The van der Waals surface area contributed by atoms with Crippen LogP contribution in [0.3, 0.4) is 0 Å². The zero-order valence-electron chi connectivity index (χ0n) is 7.22. The Balaban J connectivity index is 3.99. The van der Waals surface area contributed by atoms with Crippen molar-refractivity contribution in [2.24, 2.45) is 0 Å². The lowest BCUT2D eigenvalue weighted by atomic mass is 10.1. The standard InChI is InChI=1S/C11H16/c1-4-7-8-10-11(6-3)9-5-2/h4,6-8,10H,1,3,5,9H2,2H3/b8-7-,11-10-. The molecule has 0 nitrogen and oxygen atoms in total. The van der Waals surface area contributed by atoms with E-state index >= 15 is 0 Å². The van der Waals surface area contributed by atoms with Crippen molar-refractivity contribution in [2.45, 2.75) is 19.8 Å². The Morgan fingerprint density at radius 2 is 2.00 bits per heavy atom. The molecule has 0 saturated carbocycles. The second kappa shape index (κ2) is 7.07. The van der Waals surface area contributed by atoms with Crippen LogP contribution in [0, 0.1) is 0 Å². The quantitative estimate of drug-likeness (QED) is 0.522. The van der Waals surface area contributed by atoms with Crippen LogP contribution in [0.25, 0.3) is 0 Å². The third-order valence-corrected chi connectivity index (χ3v) is 1.36. The molecule has 0 unspecified atom stereocenters. The zero-order valence-corrected chi connectivity index (χ0v) is 7.22. The van der Waals surface area contributed by atoms with E-state index in [1.807, 2.05) is 18.2 Å². The summed E-state index contributed by atoms with van der Waals surface area (Å²) in [6.07, 6.45) is 11.9. The number of allylic oxidation sites excluding steroid dienone is 6. The largest absolute Gasteiger partial charge is 0.0991 e. The summed E-state index contributed by atoms with van der Waals surface area (Å²) in [6, 6.07) is 0. The zero-order chi connectivity index (χ0) is 8.53. The van der Waals surface area contributed by atoms with Crippen LogP contribution >= 0.6 is 0 Å². The van der Waals surface area contributed by atoms with Crippen LogP contribution in [-0.2, 0) is 0 Å². The Morgan fingerprint density at radius 3 is 2.45 bits per heavy atom. The summed E-state index contributed by atoms with van der Waals surface area (Å²) in [5, 5.41) is 0. The van der Waals surface area contributed by atoms with Crippen molar-refractivity contribution in [3.8, 4) is 0 Å². The predicted octanol–water partition coefficient (Wildman–Crippen LogP) is 3.64. The molecule has 0 heteroatoms. The van der Waals surface area contributed by atoms with Crippen molar-refractivity contribution in [1.29, 1.82) is 0 Å². The Kier molecular flexibility index (Phi) is 6.40. The summed E-state index contributed by atoms with van der Waals surface area (Å²) >= 11 is 0. The van der Waals surface area contributed by atoms with E-state index in [2.05, 4.69) is 26.2 Å². The van der Waals surface area contributed by atoms with Gasteiger partial charge in [0.05, 0.1) is 0 Å². The van der Waals surface area contributed by atoms with Crippen LogP contribution in [0.2, 0.25) is 0 Å². The highest BCUT2D eigenvalue weighted by Crippen LogP contribution is 2.05. The summed E-state index contributed by atoms with van der Waals surface area (Å²) < 4.78 is 0. The van der Waals surface area contributed by atoms with E-state index in [9.17, 15) is 0 Å². The fourth-order valence-corrected chi connectivity index (χ4v) is 0.800. The summed E-state index contributed by atoms with van der Waals surface area (Å²) in [7, 11) is 0. The average molecular weight is 148 g/mol. The monoisotopic (exact) mass is 148 g/mol. The minimum absolute atomic E-state index is 1.10. The molecule has 0 radical (unpaired) electrons. The van der Waals surface area contributed by atoms with E-state index < -0.39 is 0 Å². The number of hydrogen-bond donors (Lipinski definition) is 0. The Labute approximate surface area is 69.6 Å². The second-order valence-corrected chi connectivity index (χ2v) is 2.32. The SMILES string of the molecule is C=C/C=C\C=C(\C=C)CCC. The molecule has 0 rings (SSSR count). The first-order chi connectivity index (χ1) is 5.35. The summed E-state index contributed by atoms with van der Waals surface area (Å²) in [6.45, 7) is 9.48. The highest BCUT2D eigenvalue weighted by molar-refractivity contribution is 5.23. The first-order valence-corrected chi connectivity index (χ1v) is 3.95. The Morgan fingerprint density at radius 1 is 1.27 bits per heavy atom. The molecule has 0 aromatic heterocycles. The Bertz CT molecular complexity index is 170. The number of hydrogen-bond acceptors (Lipinski definition) is 0. The smallest absolute Gasteiger partial charge is 0.0282 e.